The van der Waals surface area contributed by atoms with Crippen molar-refractivity contribution in [2.75, 3.05) is 20.2 Å². The number of hydrogen-bond donors (Lipinski definition) is 5. The number of pyridine rings is 2. The number of para-hydroxylation sites is 2. The molecule has 92 heavy (non-hydrogen) atoms. The summed E-state index contributed by atoms with van der Waals surface area (Å²) in [6.45, 7) is 11.3. The van der Waals surface area contributed by atoms with E-state index >= 15 is 0 Å². The monoisotopic (exact) mass is 1230 g/mol. The number of carbonyl (C=O) groups excluding carboxylic acids is 4. The van der Waals surface area contributed by atoms with Gasteiger partial charge in [0.25, 0.3) is 11.8 Å². The van der Waals surface area contributed by atoms with Crippen molar-refractivity contribution in [3.8, 4) is 68.2 Å². The van der Waals surface area contributed by atoms with Crippen molar-refractivity contribution in [1.82, 2.24) is 41.0 Å². The van der Waals surface area contributed by atoms with Crippen molar-refractivity contribution < 1.29 is 52.1 Å². The summed E-state index contributed by atoms with van der Waals surface area (Å²) in [6.07, 6.45) is 1.98. The summed E-state index contributed by atoms with van der Waals surface area (Å²) in [6, 6.07) is 49.4. The maximum atomic E-state index is 13.7. The molecule has 0 aliphatic carbocycles. The Hall–Kier alpha value is -10.7. The van der Waals surface area contributed by atoms with E-state index in [1.54, 1.807) is 11.0 Å². The minimum absolute atomic E-state index is 0.00547. The highest BCUT2D eigenvalue weighted by Crippen LogP contribution is 2.45. The predicted molar refractivity (Wildman–Crippen MR) is 348 cm³/mol. The van der Waals surface area contributed by atoms with Crippen molar-refractivity contribution in [2.45, 2.75) is 104 Å². The Labute approximate surface area is 531 Å². The molecule has 0 unspecified atom stereocenters. The second kappa shape index (κ2) is 26.0. The first-order valence-corrected chi connectivity index (χ1v) is 31.1. The third kappa shape index (κ3) is 12.5. The summed E-state index contributed by atoms with van der Waals surface area (Å²) >= 11 is 0. The predicted octanol–water partition coefficient (Wildman–Crippen LogP) is 13.8. The highest BCUT2D eigenvalue weighted by atomic mass is 16.7. The number of amides is 6. The number of fused-ring (bicyclic) bond motifs is 6. The van der Waals surface area contributed by atoms with Crippen LogP contribution in [0.5, 0.6) is 23.0 Å². The fourth-order valence-corrected chi connectivity index (χ4v) is 12.4. The summed E-state index contributed by atoms with van der Waals surface area (Å²) in [5.74, 6) is 3.49. The van der Waals surface area contributed by atoms with Gasteiger partial charge in [-0.15, -0.1) is 0 Å². The van der Waals surface area contributed by atoms with E-state index in [1.165, 1.54) is 0 Å². The Kier molecular flexibility index (Phi) is 17.1. The molecule has 19 heteroatoms. The first-order chi connectivity index (χ1) is 44.7. The van der Waals surface area contributed by atoms with Crippen LogP contribution in [0.15, 0.2) is 167 Å². The number of hydrogen-bond acceptors (Lipinski definition) is 13. The second-order valence-corrected chi connectivity index (χ2v) is 23.9. The van der Waals surface area contributed by atoms with E-state index in [2.05, 4.69) is 34.3 Å². The molecule has 0 spiro atoms. The third-order valence-corrected chi connectivity index (χ3v) is 16.6. The Morgan fingerprint density at radius 2 is 0.946 bits per heavy atom. The van der Waals surface area contributed by atoms with E-state index in [-0.39, 0.29) is 81.0 Å². The average Bonchev–Trinajstić information content (AvgIpc) is 1.58. The molecule has 0 radical (unpaired) electrons. The molecule has 19 nitrogen and oxygen atoms in total. The summed E-state index contributed by atoms with van der Waals surface area (Å²) in [5, 5.41) is 24.1. The summed E-state index contributed by atoms with van der Waals surface area (Å²) in [4.78, 5) is 67.5. The maximum absolute atomic E-state index is 13.7. The van der Waals surface area contributed by atoms with Crippen LogP contribution in [0.1, 0.15) is 120 Å². The minimum Gasteiger partial charge on any atom is -0.456 e. The molecule has 2 atom stereocenters. The number of nitrogens with zero attached hydrogens (tertiary/aromatic N) is 4. The van der Waals surface area contributed by atoms with E-state index in [0.29, 0.717) is 65.4 Å². The Morgan fingerprint density at radius 3 is 1.38 bits per heavy atom. The molecule has 8 heterocycles. The normalized spacial score (nSPS) is 15.0. The van der Waals surface area contributed by atoms with E-state index in [9.17, 15) is 24.3 Å². The van der Waals surface area contributed by atoms with Crippen molar-refractivity contribution >= 4 is 45.8 Å². The van der Waals surface area contributed by atoms with Gasteiger partial charge in [0.2, 0.25) is 13.6 Å². The fourth-order valence-electron chi connectivity index (χ4n) is 12.4. The van der Waals surface area contributed by atoms with Crippen LogP contribution in [0.4, 0.5) is 9.59 Å². The first-order valence-electron chi connectivity index (χ1n) is 31.1. The Morgan fingerprint density at radius 1 is 0.511 bits per heavy atom. The van der Waals surface area contributed by atoms with Crippen LogP contribution < -0.4 is 40.2 Å². The molecule has 0 fully saturated rings. The Balaban J connectivity index is 0.000000168. The number of aromatic nitrogens is 2. The van der Waals surface area contributed by atoms with Crippen LogP contribution in [-0.4, -0.2) is 81.0 Å². The van der Waals surface area contributed by atoms with Crippen LogP contribution in [0.25, 0.3) is 67.1 Å². The van der Waals surface area contributed by atoms with Crippen LogP contribution >= 0.6 is 0 Å². The van der Waals surface area contributed by atoms with Crippen molar-refractivity contribution in [2.24, 2.45) is 0 Å². The number of nitrogens with one attached hydrogen (secondary N) is 4. The molecule has 10 aromatic rings. The number of urea groups is 2. The zero-order valence-corrected chi connectivity index (χ0v) is 51.7. The van der Waals surface area contributed by atoms with Gasteiger partial charge in [0, 0.05) is 89.0 Å². The van der Waals surface area contributed by atoms with Crippen molar-refractivity contribution in [3.05, 3.63) is 202 Å². The molecule has 0 bridgehead atoms. The molecule has 4 aliphatic rings. The number of furan rings is 2. The average molecular weight is 1240 g/mol. The number of rotatable bonds is 16. The lowest BCUT2D eigenvalue weighted by molar-refractivity contribution is 0.0938. The van der Waals surface area contributed by atoms with Crippen molar-refractivity contribution in [1.29, 1.82) is 0 Å². The zero-order chi connectivity index (χ0) is 63.6. The highest BCUT2D eigenvalue weighted by molar-refractivity contribution is 5.95. The standard InChI is InChI=1S/C37H36N4O5.C36H34N4O6/c1-4-8-29-34-27(20-41(29)37(43)39-22(2)3)17-28(36(42)38-19-23-13-14-31-33(15-23)45-21-44-31)40-35(34)26-11-7-10-24(16-26)32-18-25-9-5-6-12-30(25)46-32;1-21(2)38-36(43)40-19-26-16-27(35(42)37-18-22-10-11-30-32(14-22)45-20-44-30)39-34(33(26)28(40)12-13-41)25-8-5-7-23(15-25)31-17-24-6-3-4-9-29(24)46-31/h5-7,9-18,22,29H,4,8,19-21H2,1-3H3,(H,38,42)(H,39,43);3-11,14-17,21,28,41H,12-13,18-20H2,1-2H3,(H,37,42)(H,38,43)/t29-;28-/m11/s1. The summed E-state index contributed by atoms with van der Waals surface area (Å²) in [7, 11) is 0. The largest absolute Gasteiger partial charge is 0.456 e. The molecular formula is C73H70N8O11. The van der Waals surface area contributed by atoms with Gasteiger partial charge in [0.15, 0.2) is 23.0 Å². The highest BCUT2D eigenvalue weighted by Gasteiger charge is 2.39. The molecule has 14 rings (SSSR count). The Bertz CT molecular complexity index is 4110. The maximum Gasteiger partial charge on any atom is 0.318 e. The fraction of sp³-hybridized carbons (Fsp3) is 0.260. The van der Waals surface area contributed by atoms with E-state index in [4.69, 9.17) is 37.7 Å². The lowest BCUT2D eigenvalue weighted by atomic mass is 9.94. The number of aliphatic hydroxyl groups excluding tert-OH is 1. The molecule has 4 aliphatic heterocycles. The topological polar surface area (TPSA) is 232 Å². The molecule has 0 saturated carbocycles. The summed E-state index contributed by atoms with van der Waals surface area (Å²) < 4.78 is 34.1. The minimum atomic E-state index is -0.429. The van der Waals surface area contributed by atoms with Crippen LogP contribution in [0.2, 0.25) is 0 Å². The van der Waals surface area contributed by atoms with Gasteiger partial charge in [-0.1, -0.05) is 98.3 Å². The molecule has 5 N–H and O–H groups in total. The molecule has 4 aromatic heterocycles. The van der Waals surface area contributed by atoms with E-state index < -0.39 is 6.04 Å². The summed E-state index contributed by atoms with van der Waals surface area (Å²) in [5.41, 5.74) is 12.1. The lowest BCUT2D eigenvalue weighted by Crippen LogP contribution is -2.42. The van der Waals surface area contributed by atoms with E-state index in [1.807, 2.05) is 178 Å². The second-order valence-electron chi connectivity index (χ2n) is 23.9. The van der Waals surface area contributed by atoms with Crippen LogP contribution in [0.3, 0.4) is 0 Å². The number of ether oxygens (including phenoxy) is 4. The van der Waals surface area contributed by atoms with E-state index in [0.717, 1.165) is 96.2 Å². The van der Waals surface area contributed by atoms with Gasteiger partial charge in [-0.25, -0.2) is 19.6 Å². The van der Waals surface area contributed by atoms with Gasteiger partial charge in [-0.05, 0) is 136 Å². The number of benzene rings is 6. The van der Waals surface area contributed by atoms with Gasteiger partial charge in [0.1, 0.15) is 34.1 Å². The quantitative estimate of drug-likeness (QED) is 0.0607. The smallest absolute Gasteiger partial charge is 0.318 e. The third-order valence-electron chi connectivity index (χ3n) is 16.6. The lowest BCUT2D eigenvalue weighted by Gasteiger charge is -2.27. The van der Waals surface area contributed by atoms with Gasteiger partial charge in [-0.3, -0.25) is 9.59 Å². The molecular weight excluding hydrogens is 1160 g/mol. The van der Waals surface area contributed by atoms with Gasteiger partial charge < -0.3 is 64.0 Å². The van der Waals surface area contributed by atoms with Crippen molar-refractivity contribution in [3.63, 3.8) is 0 Å². The number of aliphatic hydroxyl groups is 1. The van der Waals surface area contributed by atoms with Gasteiger partial charge >= 0.3 is 12.1 Å². The van der Waals surface area contributed by atoms with Gasteiger partial charge in [-0.2, -0.15) is 0 Å². The van der Waals surface area contributed by atoms with Gasteiger partial charge in [0.05, 0.1) is 23.5 Å². The number of carbonyl (C=O) groups is 4. The molecule has 6 aromatic carbocycles. The SMILES string of the molecule is CC(C)NC(=O)N1Cc2cc(C(=O)NCc3ccc4c(c3)OCO4)nc(-c3cccc(-c4cc5ccccc5o4)c3)c2[C@H]1CCO.CCC[C@@H]1c2c(cc(C(=O)NCc3ccc4c(c3)OCO4)nc2-c2cccc(-c3cc4ccccc4o3)c2)CN1C(=O)NC(C)C. The molecule has 468 valence electrons. The van der Waals surface area contributed by atoms with Crippen LogP contribution in [-0.2, 0) is 26.2 Å². The molecule has 6 amide bonds. The molecule has 0 saturated heterocycles. The zero-order valence-electron chi connectivity index (χ0n) is 51.7. The first kappa shape index (κ1) is 60.3. The van der Waals surface area contributed by atoms with Crippen LogP contribution in [0, 0.1) is 0 Å².